The average molecular weight is 258 g/mol. The molecule has 1 amide bonds. The van der Waals surface area contributed by atoms with Gasteiger partial charge in [-0.1, -0.05) is 11.6 Å². The molecule has 1 N–H and O–H groups in total. The third kappa shape index (κ3) is 3.82. The van der Waals surface area contributed by atoms with Crippen LogP contribution in [0.1, 0.15) is 12.5 Å². The summed E-state index contributed by atoms with van der Waals surface area (Å²) >= 11 is 6.10. The zero-order valence-electron chi connectivity index (χ0n) is 10.2. The Morgan fingerprint density at radius 3 is 2.41 bits per heavy atom. The number of hydrogen-bond donors (Lipinski definition) is 1. The minimum Gasteiger partial charge on any atom is -0.493 e. The van der Waals surface area contributed by atoms with Gasteiger partial charge in [-0.25, -0.2) is 0 Å². The van der Waals surface area contributed by atoms with Gasteiger partial charge in [0.25, 0.3) is 0 Å². The van der Waals surface area contributed by atoms with Crippen LogP contribution in [0.25, 0.3) is 0 Å². The number of methoxy groups -OCH3 is 2. The van der Waals surface area contributed by atoms with Crippen LogP contribution in [-0.4, -0.2) is 26.7 Å². The van der Waals surface area contributed by atoms with E-state index in [2.05, 4.69) is 5.32 Å². The zero-order chi connectivity index (χ0) is 12.8. The minimum absolute atomic E-state index is 0.0541. The third-order valence-corrected chi connectivity index (χ3v) is 2.67. The Hall–Kier alpha value is -1.42. The second-order valence-corrected chi connectivity index (χ2v) is 3.94. The number of carbonyl (C=O) groups excluding carboxylic acids is 1. The Labute approximate surface area is 106 Å². The SMILES string of the molecule is COc1cc(Cl)c(CCNC(C)=O)cc1OC. The van der Waals surface area contributed by atoms with Crippen LogP contribution in [0.3, 0.4) is 0 Å². The first-order valence-electron chi connectivity index (χ1n) is 5.23. The van der Waals surface area contributed by atoms with Crippen LogP contribution in [0.2, 0.25) is 5.02 Å². The summed E-state index contributed by atoms with van der Waals surface area (Å²) in [5.74, 6) is 1.18. The van der Waals surface area contributed by atoms with Crippen LogP contribution >= 0.6 is 11.6 Å². The molecule has 0 aliphatic carbocycles. The molecule has 1 rings (SSSR count). The summed E-state index contributed by atoms with van der Waals surface area (Å²) in [6.07, 6.45) is 0.652. The van der Waals surface area contributed by atoms with Crippen LogP contribution in [-0.2, 0) is 11.2 Å². The molecule has 94 valence electrons. The Morgan fingerprint density at radius 1 is 1.29 bits per heavy atom. The topological polar surface area (TPSA) is 47.6 Å². The van der Waals surface area contributed by atoms with Gasteiger partial charge in [-0.2, -0.15) is 0 Å². The maximum Gasteiger partial charge on any atom is 0.216 e. The summed E-state index contributed by atoms with van der Waals surface area (Å²) in [6, 6.07) is 3.53. The largest absolute Gasteiger partial charge is 0.493 e. The number of nitrogens with one attached hydrogen (secondary N) is 1. The molecule has 0 aliphatic rings. The fourth-order valence-electron chi connectivity index (χ4n) is 1.46. The predicted octanol–water partition coefficient (Wildman–Crippen LogP) is 2.04. The number of rotatable bonds is 5. The standard InChI is InChI=1S/C12H16ClNO3/c1-8(15)14-5-4-9-6-11(16-2)12(17-3)7-10(9)13/h6-7H,4-5H2,1-3H3,(H,14,15). The highest BCUT2D eigenvalue weighted by Crippen LogP contribution is 2.33. The van der Waals surface area contributed by atoms with E-state index in [-0.39, 0.29) is 5.91 Å². The van der Waals surface area contributed by atoms with Crippen molar-refractivity contribution in [3.8, 4) is 11.5 Å². The van der Waals surface area contributed by atoms with E-state index in [1.165, 1.54) is 6.92 Å². The molecule has 0 unspecified atom stereocenters. The number of benzene rings is 1. The second kappa shape index (κ2) is 6.35. The third-order valence-electron chi connectivity index (χ3n) is 2.32. The maximum atomic E-state index is 10.8. The first kappa shape index (κ1) is 13.6. The lowest BCUT2D eigenvalue weighted by Crippen LogP contribution is -2.22. The fraction of sp³-hybridized carbons (Fsp3) is 0.417. The summed E-state index contributed by atoms with van der Waals surface area (Å²) < 4.78 is 10.3. The van der Waals surface area contributed by atoms with E-state index in [0.29, 0.717) is 29.5 Å². The normalized spacial score (nSPS) is 9.88. The van der Waals surface area contributed by atoms with Gasteiger partial charge in [-0.05, 0) is 18.1 Å². The maximum absolute atomic E-state index is 10.8. The van der Waals surface area contributed by atoms with Crippen molar-refractivity contribution in [2.24, 2.45) is 0 Å². The minimum atomic E-state index is -0.0541. The van der Waals surface area contributed by atoms with Crippen molar-refractivity contribution in [2.75, 3.05) is 20.8 Å². The number of hydrogen-bond acceptors (Lipinski definition) is 3. The number of ether oxygens (including phenoxy) is 2. The summed E-state index contributed by atoms with van der Waals surface area (Å²) in [4.78, 5) is 10.8. The number of halogens is 1. The molecule has 0 radical (unpaired) electrons. The van der Waals surface area contributed by atoms with E-state index in [1.54, 1.807) is 20.3 Å². The Kier molecular flexibility index (Phi) is 5.10. The smallest absolute Gasteiger partial charge is 0.216 e. The summed E-state index contributed by atoms with van der Waals surface area (Å²) in [5.41, 5.74) is 0.915. The number of carbonyl (C=O) groups is 1. The monoisotopic (exact) mass is 257 g/mol. The van der Waals surface area contributed by atoms with Crippen LogP contribution < -0.4 is 14.8 Å². The average Bonchev–Trinajstić information content (AvgIpc) is 2.30. The first-order valence-corrected chi connectivity index (χ1v) is 5.61. The molecule has 1 aromatic carbocycles. The zero-order valence-corrected chi connectivity index (χ0v) is 10.9. The Balaban J connectivity index is 2.81. The highest BCUT2D eigenvalue weighted by atomic mass is 35.5. The lowest BCUT2D eigenvalue weighted by atomic mass is 10.1. The molecule has 1 aromatic rings. The molecule has 0 atom stereocenters. The van der Waals surface area contributed by atoms with Gasteiger partial charge in [0, 0.05) is 24.6 Å². The van der Waals surface area contributed by atoms with Crippen LogP contribution in [0, 0.1) is 0 Å². The van der Waals surface area contributed by atoms with E-state index in [9.17, 15) is 4.79 Å². The van der Waals surface area contributed by atoms with E-state index in [0.717, 1.165) is 5.56 Å². The van der Waals surface area contributed by atoms with Gasteiger partial charge in [-0.15, -0.1) is 0 Å². The van der Waals surface area contributed by atoms with Gasteiger partial charge in [-0.3, -0.25) is 4.79 Å². The highest BCUT2D eigenvalue weighted by molar-refractivity contribution is 6.31. The molecule has 0 aliphatic heterocycles. The molecule has 0 aromatic heterocycles. The molecule has 0 saturated heterocycles. The van der Waals surface area contributed by atoms with Gasteiger partial charge < -0.3 is 14.8 Å². The molecule has 0 saturated carbocycles. The molecule has 0 bridgehead atoms. The Morgan fingerprint density at radius 2 is 1.88 bits per heavy atom. The van der Waals surface area contributed by atoms with E-state index in [1.807, 2.05) is 6.07 Å². The van der Waals surface area contributed by atoms with Gasteiger partial charge in [0.1, 0.15) is 0 Å². The quantitative estimate of drug-likeness (QED) is 0.878. The van der Waals surface area contributed by atoms with E-state index >= 15 is 0 Å². The first-order chi connectivity index (χ1) is 8.08. The van der Waals surface area contributed by atoms with Crippen molar-refractivity contribution in [2.45, 2.75) is 13.3 Å². The molecule has 0 heterocycles. The van der Waals surface area contributed by atoms with Gasteiger partial charge in [0.2, 0.25) is 5.91 Å². The van der Waals surface area contributed by atoms with Crippen LogP contribution in [0.5, 0.6) is 11.5 Å². The molecular formula is C12H16ClNO3. The Bertz CT molecular complexity index is 407. The van der Waals surface area contributed by atoms with Crippen molar-refractivity contribution >= 4 is 17.5 Å². The molecule has 4 nitrogen and oxygen atoms in total. The van der Waals surface area contributed by atoms with Crippen molar-refractivity contribution in [1.82, 2.24) is 5.32 Å². The summed E-state index contributed by atoms with van der Waals surface area (Å²) in [7, 11) is 3.13. The van der Waals surface area contributed by atoms with Crippen molar-refractivity contribution in [3.05, 3.63) is 22.7 Å². The molecule has 0 spiro atoms. The van der Waals surface area contributed by atoms with E-state index in [4.69, 9.17) is 21.1 Å². The van der Waals surface area contributed by atoms with Crippen molar-refractivity contribution in [3.63, 3.8) is 0 Å². The van der Waals surface area contributed by atoms with Crippen molar-refractivity contribution in [1.29, 1.82) is 0 Å². The highest BCUT2D eigenvalue weighted by Gasteiger charge is 2.09. The van der Waals surface area contributed by atoms with Crippen LogP contribution in [0.15, 0.2) is 12.1 Å². The van der Waals surface area contributed by atoms with Gasteiger partial charge >= 0.3 is 0 Å². The molecule has 5 heteroatoms. The molecule has 17 heavy (non-hydrogen) atoms. The van der Waals surface area contributed by atoms with E-state index < -0.39 is 0 Å². The fourth-order valence-corrected chi connectivity index (χ4v) is 1.71. The molecule has 0 fully saturated rings. The summed E-state index contributed by atoms with van der Waals surface area (Å²) in [5, 5.41) is 3.32. The van der Waals surface area contributed by atoms with Gasteiger partial charge in [0.05, 0.1) is 14.2 Å². The van der Waals surface area contributed by atoms with Crippen LogP contribution in [0.4, 0.5) is 0 Å². The second-order valence-electron chi connectivity index (χ2n) is 3.53. The van der Waals surface area contributed by atoms with Gasteiger partial charge in [0.15, 0.2) is 11.5 Å². The lowest BCUT2D eigenvalue weighted by molar-refractivity contribution is -0.118. The summed E-state index contributed by atoms with van der Waals surface area (Å²) in [6.45, 7) is 2.03. The number of amides is 1. The lowest BCUT2D eigenvalue weighted by Gasteiger charge is -2.11. The van der Waals surface area contributed by atoms with Crippen molar-refractivity contribution < 1.29 is 14.3 Å². The predicted molar refractivity (Wildman–Crippen MR) is 66.9 cm³/mol. The molecular weight excluding hydrogens is 242 g/mol.